The molecular formula is C9H10ClFO2S. The van der Waals surface area contributed by atoms with Crippen molar-refractivity contribution in [3.8, 4) is 0 Å². The third kappa shape index (κ3) is 2.07. The molecule has 0 spiro atoms. The number of sulfone groups is 1. The smallest absolute Gasteiger partial charge is 0.180 e. The first-order valence-corrected chi connectivity index (χ1v) is 5.97. The second-order valence-electron chi connectivity index (χ2n) is 3.17. The maximum Gasteiger partial charge on any atom is 0.180 e. The van der Waals surface area contributed by atoms with Gasteiger partial charge in [-0.1, -0.05) is 11.6 Å². The first-order valence-electron chi connectivity index (χ1n) is 4.04. The van der Waals surface area contributed by atoms with Crippen molar-refractivity contribution in [3.05, 3.63) is 29.0 Å². The molecule has 78 valence electrons. The summed E-state index contributed by atoms with van der Waals surface area (Å²) in [5, 5.41) is -0.643. The quantitative estimate of drug-likeness (QED) is 0.791. The lowest BCUT2D eigenvalue weighted by molar-refractivity contribution is 0.583. The molecule has 0 N–H and O–H groups in total. The van der Waals surface area contributed by atoms with Gasteiger partial charge in [-0.05, 0) is 32.0 Å². The number of hydrogen-bond acceptors (Lipinski definition) is 2. The third-order valence-electron chi connectivity index (χ3n) is 1.84. The molecule has 14 heavy (non-hydrogen) atoms. The number of rotatable bonds is 2. The molecule has 5 heteroatoms. The summed E-state index contributed by atoms with van der Waals surface area (Å²) in [4.78, 5) is -0.0330. The fourth-order valence-corrected chi connectivity index (χ4v) is 2.11. The zero-order chi connectivity index (χ0) is 10.9. The van der Waals surface area contributed by atoms with Crippen LogP contribution in [0.5, 0.6) is 0 Å². The van der Waals surface area contributed by atoms with Crippen LogP contribution in [0, 0.1) is 5.82 Å². The molecule has 0 radical (unpaired) electrons. The van der Waals surface area contributed by atoms with Crippen molar-refractivity contribution < 1.29 is 12.8 Å². The van der Waals surface area contributed by atoms with Gasteiger partial charge in [0.2, 0.25) is 0 Å². The maximum atomic E-state index is 13.0. The predicted molar refractivity (Wildman–Crippen MR) is 53.7 cm³/mol. The summed E-state index contributed by atoms with van der Waals surface area (Å²) >= 11 is 5.44. The zero-order valence-electron chi connectivity index (χ0n) is 7.79. The lowest BCUT2D eigenvalue weighted by Crippen LogP contribution is -2.14. The Kier molecular flexibility index (Phi) is 3.17. The summed E-state index contributed by atoms with van der Waals surface area (Å²) in [5.41, 5.74) is 0. The van der Waals surface area contributed by atoms with Crippen molar-refractivity contribution in [2.45, 2.75) is 24.0 Å². The third-order valence-corrected chi connectivity index (χ3v) is 4.30. The first kappa shape index (κ1) is 11.5. The molecule has 1 aromatic rings. The first-order chi connectivity index (χ1) is 6.35. The highest BCUT2D eigenvalue weighted by molar-refractivity contribution is 7.92. The van der Waals surface area contributed by atoms with E-state index in [0.717, 1.165) is 6.07 Å². The Morgan fingerprint density at radius 2 is 1.93 bits per heavy atom. The van der Waals surface area contributed by atoms with Gasteiger partial charge in [-0.3, -0.25) is 0 Å². The van der Waals surface area contributed by atoms with Crippen LogP contribution in [0.2, 0.25) is 5.02 Å². The van der Waals surface area contributed by atoms with Gasteiger partial charge in [0.05, 0.1) is 15.2 Å². The Labute approximate surface area is 87.6 Å². The SMILES string of the molecule is CC(C)S(=O)(=O)c1ccc(Cl)c(F)c1. The van der Waals surface area contributed by atoms with Crippen LogP contribution in [0.3, 0.4) is 0 Å². The fourth-order valence-electron chi connectivity index (χ4n) is 0.926. The van der Waals surface area contributed by atoms with E-state index in [1.54, 1.807) is 13.8 Å². The van der Waals surface area contributed by atoms with Gasteiger partial charge < -0.3 is 0 Å². The monoisotopic (exact) mass is 236 g/mol. The van der Waals surface area contributed by atoms with E-state index in [4.69, 9.17) is 11.6 Å². The van der Waals surface area contributed by atoms with E-state index in [9.17, 15) is 12.8 Å². The summed E-state index contributed by atoms with van der Waals surface area (Å²) < 4.78 is 36.1. The average Bonchev–Trinajstić information content (AvgIpc) is 2.09. The Morgan fingerprint density at radius 1 is 1.36 bits per heavy atom. The Balaban J connectivity index is 3.29. The van der Waals surface area contributed by atoms with Gasteiger partial charge >= 0.3 is 0 Å². The van der Waals surface area contributed by atoms with E-state index in [2.05, 4.69) is 0 Å². The van der Waals surface area contributed by atoms with Gasteiger partial charge in [-0.25, -0.2) is 12.8 Å². The molecule has 0 saturated heterocycles. The molecule has 1 rings (SSSR count). The fraction of sp³-hybridized carbons (Fsp3) is 0.333. The Morgan fingerprint density at radius 3 is 2.36 bits per heavy atom. The van der Waals surface area contributed by atoms with Crippen LogP contribution in [-0.2, 0) is 9.84 Å². The summed E-state index contributed by atoms with van der Waals surface area (Å²) in [7, 11) is -3.41. The molecule has 0 aliphatic heterocycles. The minimum Gasteiger partial charge on any atom is -0.223 e. The van der Waals surface area contributed by atoms with Gasteiger partial charge in [0.25, 0.3) is 0 Å². The van der Waals surface area contributed by atoms with Gasteiger partial charge in [0.15, 0.2) is 9.84 Å². The molecule has 0 heterocycles. The van der Waals surface area contributed by atoms with E-state index < -0.39 is 20.9 Å². The summed E-state index contributed by atoms with van der Waals surface area (Å²) in [6, 6.07) is 3.49. The van der Waals surface area contributed by atoms with Crippen molar-refractivity contribution in [1.29, 1.82) is 0 Å². The number of halogens is 2. The topological polar surface area (TPSA) is 34.1 Å². The van der Waals surface area contributed by atoms with Crippen LogP contribution in [0.1, 0.15) is 13.8 Å². The standard InChI is InChI=1S/C9H10ClFO2S/c1-6(2)14(12,13)7-3-4-8(10)9(11)5-7/h3-6H,1-2H3. The van der Waals surface area contributed by atoms with Crippen molar-refractivity contribution in [2.75, 3.05) is 0 Å². The van der Waals surface area contributed by atoms with Crippen LogP contribution in [0.25, 0.3) is 0 Å². The van der Waals surface area contributed by atoms with Gasteiger partial charge in [0, 0.05) is 0 Å². The number of benzene rings is 1. The summed E-state index contributed by atoms with van der Waals surface area (Å²) in [6.45, 7) is 3.09. The van der Waals surface area contributed by atoms with E-state index in [-0.39, 0.29) is 9.92 Å². The summed E-state index contributed by atoms with van der Waals surface area (Å²) in [5.74, 6) is -0.714. The molecular weight excluding hydrogens is 227 g/mol. The van der Waals surface area contributed by atoms with Crippen molar-refractivity contribution in [3.63, 3.8) is 0 Å². The van der Waals surface area contributed by atoms with Crippen molar-refractivity contribution in [2.24, 2.45) is 0 Å². The van der Waals surface area contributed by atoms with Crippen LogP contribution in [0.4, 0.5) is 4.39 Å². The molecule has 0 unspecified atom stereocenters. The Bertz CT molecular complexity index is 440. The highest BCUT2D eigenvalue weighted by Crippen LogP contribution is 2.21. The van der Waals surface area contributed by atoms with Gasteiger partial charge in [-0.2, -0.15) is 0 Å². The largest absolute Gasteiger partial charge is 0.223 e. The minimum absolute atomic E-state index is 0.0330. The molecule has 0 saturated carbocycles. The van der Waals surface area contributed by atoms with E-state index >= 15 is 0 Å². The average molecular weight is 237 g/mol. The molecule has 0 fully saturated rings. The lowest BCUT2D eigenvalue weighted by Gasteiger charge is -2.07. The van der Waals surface area contributed by atoms with Crippen molar-refractivity contribution in [1.82, 2.24) is 0 Å². The van der Waals surface area contributed by atoms with E-state index in [1.165, 1.54) is 12.1 Å². The normalized spacial score (nSPS) is 12.1. The Hall–Kier alpha value is -0.610. The maximum absolute atomic E-state index is 13.0. The predicted octanol–water partition coefficient (Wildman–Crippen LogP) is 2.66. The van der Waals surface area contributed by atoms with Crippen LogP contribution >= 0.6 is 11.6 Å². The van der Waals surface area contributed by atoms with E-state index in [0.29, 0.717) is 0 Å². The molecule has 0 bridgehead atoms. The van der Waals surface area contributed by atoms with Crippen molar-refractivity contribution >= 4 is 21.4 Å². The molecule has 0 aromatic heterocycles. The highest BCUT2D eigenvalue weighted by atomic mass is 35.5. The molecule has 2 nitrogen and oxygen atoms in total. The molecule has 0 amide bonds. The van der Waals surface area contributed by atoms with Crippen LogP contribution < -0.4 is 0 Å². The zero-order valence-corrected chi connectivity index (χ0v) is 9.36. The molecule has 0 aliphatic carbocycles. The van der Waals surface area contributed by atoms with E-state index in [1.807, 2.05) is 0 Å². The van der Waals surface area contributed by atoms with Crippen LogP contribution in [0.15, 0.2) is 23.1 Å². The number of hydrogen-bond donors (Lipinski definition) is 0. The highest BCUT2D eigenvalue weighted by Gasteiger charge is 2.20. The molecule has 0 aliphatic rings. The second kappa shape index (κ2) is 3.87. The summed E-state index contributed by atoms with van der Waals surface area (Å²) in [6.07, 6.45) is 0. The second-order valence-corrected chi connectivity index (χ2v) is 6.08. The minimum atomic E-state index is -3.41. The van der Waals surface area contributed by atoms with Gasteiger partial charge in [0.1, 0.15) is 5.82 Å². The molecule has 1 aromatic carbocycles. The lowest BCUT2D eigenvalue weighted by atomic mass is 10.3. The van der Waals surface area contributed by atoms with Crippen LogP contribution in [-0.4, -0.2) is 13.7 Å². The van der Waals surface area contributed by atoms with Gasteiger partial charge in [-0.15, -0.1) is 0 Å². The molecule has 0 atom stereocenters.